The van der Waals surface area contributed by atoms with Crippen LogP contribution in [0.15, 0.2) is 0 Å². The third kappa shape index (κ3) is 2.18. The Labute approximate surface area is 83.7 Å². The number of rotatable bonds is 1. The van der Waals surface area contributed by atoms with Gasteiger partial charge in [-0.05, 0) is 15.9 Å². The van der Waals surface area contributed by atoms with Crippen LogP contribution < -0.4 is 0 Å². The molecule has 1 aliphatic heterocycles. The van der Waals surface area contributed by atoms with Crippen LogP contribution in [-0.2, 0) is 4.74 Å². The van der Waals surface area contributed by atoms with Gasteiger partial charge < -0.3 is 20.1 Å². The second kappa shape index (κ2) is 3.90. The van der Waals surface area contributed by atoms with Crippen molar-refractivity contribution in [3.05, 3.63) is 0 Å². The van der Waals surface area contributed by atoms with Gasteiger partial charge in [0, 0.05) is 6.42 Å². The standard InChI is InChI=1S/C7H10BrNO4/c8-7(3-9)1-4(11)6(12)5(2-10)13-7/h4-6,10-12H,1-2H2/t4-,5-,6+,7?/m1/s1. The number of hydrogen-bond donors (Lipinski definition) is 3. The summed E-state index contributed by atoms with van der Waals surface area (Å²) in [4.78, 5) is 0. The van der Waals surface area contributed by atoms with E-state index in [2.05, 4.69) is 15.9 Å². The Morgan fingerprint density at radius 3 is 2.69 bits per heavy atom. The lowest BCUT2D eigenvalue weighted by molar-refractivity contribution is -0.174. The molecule has 5 nitrogen and oxygen atoms in total. The van der Waals surface area contributed by atoms with Crippen molar-refractivity contribution < 1.29 is 20.1 Å². The maximum Gasteiger partial charge on any atom is 0.212 e. The van der Waals surface area contributed by atoms with Gasteiger partial charge in [0.1, 0.15) is 18.3 Å². The molecule has 74 valence electrons. The lowest BCUT2D eigenvalue weighted by Crippen LogP contribution is -2.52. The van der Waals surface area contributed by atoms with Gasteiger partial charge in [0.15, 0.2) is 0 Å². The maximum atomic E-state index is 9.32. The van der Waals surface area contributed by atoms with E-state index in [1.807, 2.05) is 6.07 Å². The van der Waals surface area contributed by atoms with Gasteiger partial charge in [-0.25, -0.2) is 0 Å². The monoisotopic (exact) mass is 251 g/mol. The zero-order valence-electron chi connectivity index (χ0n) is 6.72. The van der Waals surface area contributed by atoms with Gasteiger partial charge in [-0.3, -0.25) is 0 Å². The fourth-order valence-electron chi connectivity index (χ4n) is 1.21. The number of ether oxygens (including phenoxy) is 1. The van der Waals surface area contributed by atoms with Gasteiger partial charge in [-0.1, -0.05) is 0 Å². The van der Waals surface area contributed by atoms with E-state index in [1.54, 1.807) is 0 Å². The largest absolute Gasteiger partial charge is 0.394 e. The van der Waals surface area contributed by atoms with Gasteiger partial charge in [0.25, 0.3) is 0 Å². The first kappa shape index (κ1) is 10.9. The van der Waals surface area contributed by atoms with Gasteiger partial charge in [0.2, 0.25) is 4.51 Å². The van der Waals surface area contributed by atoms with Crippen molar-refractivity contribution in [2.24, 2.45) is 0 Å². The van der Waals surface area contributed by atoms with E-state index in [-0.39, 0.29) is 6.42 Å². The molecular weight excluding hydrogens is 242 g/mol. The molecule has 6 heteroatoms. The molecule has 1 fully saturated rings. The number of aliphatic hydroxyl groups excluding tert-OH is 3. The van der Waals surface area contributed by atoms with Crippen LogP contribution in [-0.4, -0.2) is 44.7 Å². The van der Waals surface area contributed by atoms with Crippen molar-refractivity contribution >= 4 is 15.9 Å². The molecule has 3 N–H and O–H groups in total. The molecule has 0 aromatic heterocycles. The van der Waals surface area contributed by atoms with Crippen molar-refractivity contribution in [2.45, 2.75) is 29.2 Å². The number of hydrogen-bond acceptors (Lipinski definition) is 5. The number of nitriles is 1. The van der Waals surface area contributed by atoms with Crippen LogP contribution in [0.1, 0.15) is 6.42 Å². The van der Waals surface area contributed by atoms with E-state index in [4.69, 9.17) is 15.1 Å². The minimum atomic E-state index is -1.31. The van der Waals surface area contributed by atoms with Gasteiger partial charge in [-0.15, -0.1) is 0 Å². The summed E-state index contributed by atoms with van der Waals surface area (Å²) in [7, 11) is 0. The molecule has 1 aliphatic rings. The molecule has 13 heavy (non-hydrogen) atoms. The first-order valence-corrected chi connectivity index (χ1v) is 4.56. The third-order valence-corrected chi connectivity index (χ3v) is 2.62. The maximum absolute atomic E-state index is 9.32. The summed E-state index contributed by atoms with van der Waals surface area (Å²) in [6.07, 6.45) is -3.17. The average molecular weight is 252 g/mol. The van der Waals surface area contributed by atoms with Crippen molar-refractivity contribution in [2.75, 3.05) is 6.61 Å². The summed E-state index contributed by atoms with van der Waals surface area (Å²) in [5, 5.41) is 36.1. The second-order valence-corrected chi connectivity index (χ2v) is 4.22. The molecule has 0 aromatic carbocycles. The summed E-state index contributed by atoms with van der Waals surface area (Å²) in [6.45, 7) is -0.437. The molecule has 0 radical (unpaired) electrons. The molecule has 0 aliphatic carbocycles. The van der Waals surface area contributed by atoms with Crippen LogP contribution >= 0.6 is 15.9 Å². The lowest BCUT2D eigenvalue weighted by Gasteiger charge is -2.37. The molecule has 1 unspecified atom stereocenters. The highest BCUT2D eigenvalue weighted by Gasteiger charge is 2.44. The normalized spacial score (nSPS) is 45.6. The predicted molar refractivity (Wildman–Crippen MR) is 45.9 cm³/mol. The Morgan fingerprint density at radius 1 is 1.62 bits per heavy atom. The SMILES string of the molecule is N#CC1(Br)C[C@@H](O)[C@H](O)[C@@H](CO)O1. The molecule has 1 saturated heterocycles. The Kier molecular flexibility index (Phi) is 3.27. The van der Waals surface area contributed by atoms with Gasteiger partial charge >= 0.3 is 0 Å². The molecule has 1 heterocycles. The average Bonchev–Trinajstić information content (AvgIpc) is 2.11. The molecule has 0 bridgehead atoms. The highest BCUT2D eigenvalue weighted by atomic mass is 79.9. The molecular formula is C7H10BrNO4. The summed E-state index contributed by atoms with van der Waals surface area (Å²) in [6, 6.07) is 1.81. The van der Waals surface area contributed by atoms with Crippen molar-refractivity contribution in [3.8, 4) is 6.07 Å². The molecule has 1 rings (SSSR count). The van der Waals surface area contributed by atoms with E-state index < -0.39 is 29.4 Å². The predicted octanol–water partition coefficient (Wildman–Crippen LogP) is -0.896. The minimum absolute atomic E-state index is 0.0266. The van der Waals surface area contributed by atoms with E-state index in [9.17, 15) is 10.2 Å². The van der Waals surface area contributed by atoms with Crippen molar-refractivity contribution in [3.63, 3.8) is 0 Å². The van der Waals surface area contributed by atoms with E-state index in [1.165, 1.54) is 0 Å². The van der Waals surface area contributed by atoms with Crippen LogP contribution in [0.25, 0.3) is 0 Å². The van der Waals surface area contributed by atoms with E-state index >= 15 is 0 Å². The van der Waals surface area contributed by atoms with E-state index in [0.717, 1.165) is 0 Å². The van der Waals surface area contributed by atoms with Crippen molar-refractivity contribution in [1.82, 2.24) is 0 Å². The van der Waals surface area contributed by atoms with Gasteiger partial charge in [0.05, 0.1) is 12.7 Å². The highest BCUT2D eigenvalue weighted by Crippen LogP contribution is 2.33. The molecule has 0 aromatic rings. The molecule has 0 saturated carbocycles. The smallest absolute Gasteiger partial charge is 0.212 e. The molecule has 0 spiro atoms. The number of alkyl halides is 1. The van der Waals surface area contributed by atoms with Crippen LogP contribution in [0.5, 0.6) is 0 Å². The Balaban J connectivity index is 2.76. The topological polar surface area (TPSA) is 93.7 Å². The minimum Gasteiger partial charge on any atom is -0.394 e. The summed E-state index contributed by atoms with van der Waals surface area (Å²) in [5.74, 6) is 0. The van der Waals surface area contributed by atoms with Crippen molar-refractivity contribution in [1.29, 1.82) is 5.26 Å². The quantitative estimate of drug-likeness (QED) is 0.526. The fraction of sp³-hybridized carbons (Fsp3) is 0.857. The Hall–Kier alpha value is -0.190. The Morgan fingerprint density at radius 2 is 2.23 bits per heavy atom. The summed E-state index contributed by atoms with van der Waals surface area (Å²) < 4.78 is 3.74. The Bertz CT molecular complexity index is 231. The second-order valence-electron chi connectivity index (χ2n) is 2.94. The first-order chi connectivity index (χ1) is 6.02. The lowest BCUT2D eigenvalue weighted by atomic mass is 9.99. The molecule has 0 amide bonds. The van der Waals surface area contributed by atoms with Crippen LogP contribution in [0.3, 0.4) is 0 Å². The number of aliphatic hydroxyl groups is 3. The summed E-state index contributed by atoms with van der Waals surface area (Å²) >= 11 is 2.98. The highest BCUT2D eigenvalue weighted by molar-refractivity contribution is 9.10. The van der Waals surface area contributed by atoms with Crippen LogP contribution in [0.2, 0.25) is 0 Å². The summed E-state index contributed by atoms with van der Waals surface area (Å²) in [5.41, 5.74) is 0. The number of nitrogens with zero attached hydrogens (tertiary/aromatic N) is 1. The fourth-order valence-corrected chi connectivity index (χ4v) is 1.78. The first-order valence-electron chi connectivity index (χ1n) is 3.77. The van der Waals surface area contributed by atoms with Gasteiger partial charge in [-0.2, -0.15) is 5.26 Å². The van der Waals surface area contributed by atoms with Crippen LogP contribution in [0.4, 0.5) is 0 Å². The number of halogens is 1. The molecule has 4 atom stereocenters. The van der Waals surface area contributed by atoms with E-state index in [0.29, 0.717) is 0 Å². The zero-order valence-corrected chi connectivity index (χ0v) is 8.31. The van der Waals surface area contributed by atoms with Crippen LogP contribution in [0, 0.1) is 11.3 Å². The zero-order chi connectivity index (χ0) is 10.1. The third-order valence-electron chi connectivity index (χ3n) is 1.93.